The Morgan fingerprint density at radius 3 is 2.89 bits per heavy atom. The fourth-order valence-electron chi connectivity index (χ4n) is 0.425. The van der Waals surface area contributed by atoms with Crippen LogP contribution in [0.3, 0.4) is 0 Å². The predicted molar refractivity (Wildman–Crippen MR) is 42.2 cm³/mol. The van der Waals surface area contributed by atoms with E-state index in [1.54, 1.807) is 7.11 Å². The molecular weight excluding hydrogens is 176 g/mol. The molecule has 0 saturated carbocycles. The Morgan fingerprint density at radius 2 is 2.44 bits per heavy atom. The van der Waals surface area contributed by atoms with Crippen LogP contribution in [0.5, 0.6) is 0 Å². The van der Waals surface area contributed by atoms with Crippen LogP contribution in [0.15, 0.2) is 16.3 Å². The molecule has 0 aliphatic carbocycles. The van der Waals surface area contributed by atoms with Gasteiger partial charge in [0.1, 0.15) is 0 Å². The van der Waals surface area contributed by atoms with E-state index in [-0.39, 0.29) is 0 Å². The van der Waals surface area contributed by atoms with E-state index in [1.807, 2.05) is 12.1 Å². The summed E-state index contributed by atoms with van der Waals surface area (Å²) in [5.74, 6) is 0. The van der Waals surface area contributed by atoms with E-state index in [0.29, 0.717) is 0 Å². The maximum Gasteiger partial charge on any atom is 0.0941 e. The molecular formula is C5H5ClOS2. The van der Waals surface area contributed by atoms with E-state index in [9.17, 15) is 0 Å². The van der Waals surface area contributed by atoms with Gasteiger partial charge in [0.15, 0.2) is 0 Å². The summed E-state index contributed by atoms with van der Waals surface area (Å²) in [7, 11) is 1.64. The Hall–Kier alpha value is 0.300. The van der Waals surface area contributed by atoms with Gasteiger partial charge in [-0.3, -0.25) is 0 Å². The highest BCUT2D eigenvalue weighted by atomic mass is 35.5. The largest absolute Gasteiger partial charge is 0.313 e. The summed E-state index contributed by atoms with van der Waals surface area (Å²) < 4.78 is 6.70. The summed E-state index contributed by atoms with van der Waals surface area (Å²) >= 11 is 8.49. The van der Waals surface area contributed by atoms with Crippen molar-refractivity contribution < 1.29 is 4.18 Å². The third kappa shape index (κ3) is 2.18. The number of hydrogen-bond acceptors (Lipinski definition) is 3. The smallest absolute Gasteiger partial charge is 0.0941 e. The molecule has 1 aromatic rings. The minimum Gasteiger partial charge on any atom is -0.313 e. The van der Waals surface area contributed by atoms with Gasteiger partial charge in [0.2, 0.25) is 0 Å². The summed E-state index contributed by atoms with van der Waals surface area (Å²) in [5, 5.41) is 0. The van der Waals surface area contributed by atoms with Crippen molar-refractivity contribution in [1.82, 2.24) is 0 Å². The second-order valence-electron chi connectivity index (χ2n) is 1.31. The molecule has 0 radical (unpaired) electrons. The maximum absolute atomic E-state index is 5.65. The lowest BCUT2D eigenvalue weighted by Gasteiger charge is -1.87. The number of thiophene rings is 1. The van der Waals surface area contributed by atoms with Crippen LogP contribution in [0, 0.1) is 0 Å². The zero-order valence-electron chi connectivity index (χ0n) is 4.76. The van der Waals surface area contributed by atoms with Gasteiger partial charge in [-0.25, -0.2) is 0 Å². The lowest BCUT2D eigenvalue weighted by atomic mass is 10.7. The lowest BCUT2D eigenvalue weighted by molar-refractivity contribution is 0.491. The first-order chi connectivity index (χ1) is 4.33. The van der Waals surface area contributed by atoms with Gasteiger partial charge >= 0.3 is 0 Å². The average Bonchev–Trinajstić information content (AvgIpc) is 2.17. The van der Waals surface area contributed by atoms with Crippen LogP contribution in [0.1, 0.15) is 0 Å². The summed E-state index contributed by atoms with van der Waals surface area (Å²) in [6.45, 7) is 0. The highest BCUT2D eigenvalue weighted by Crippen LogP contribution is 2.29. The normalized spacial score (nSPS) is 10.0. The molecule has 0 atom stereocenters. The minimum absolute atomic E-state index is 0.801. The van der Waals surface area contributed by atoms with Crippen molar-refractivity contribution in [3.05, 3.63) is 16.5 Å². The van der Waals surface area contributed by atoms with Gasteiger partial charge in [-0.2, -0.15) is 0 Å². The maximum atomic E-state index is 5.65. The first-order valence-corrected chi connectivity index (χ1v) is 4.22. The van der Waals surface area contributed by atoms with Crippen LogP contribution in [0.2, 0.25) is 4.34 Å². The fourth-order valence-corrected chi connectivity index (χ4v) is 2.24. The molecule has 4 heteroatoms. The van der Waals surface area contributed by atoms with Gasteiger partial charge in [-0.1, -0.05) is 11.6 Å². The average molecular weight is 181 g/mol. The molecule has 0 amide bonds. The van der Waals surface area contributed by atoms with E-state index in [4.69, 9.17) is 15.8 Å². The fraction of sp³-hybridized carbons (Fsp3) is 0.200. The van der Waals surface area contributed by atoms with Crippen molar-refractivity contribution in [3.63, 3.8) is 0 Å². The van der Waals surface area contributed by atoms with Crippen LogP contribution in [0.4, 0.5) is 0 Å². The molecule has 1 heterocycles. The molecule has 0 bridgehead atoms. The van der Waals surface area contributed by atoms with Gasteiger partial charge in [0, 0.05) is 12.0 Å². The highest BCUT2D eigenvalue weighted by molar-refractivity contribution is 7.96. The molecule has 0 saturated heterocycles. The number of rotatable bonds is 2. The first-order valence-electron chi connectivity index (χ1n) is 2.29. The number of halogens is 1. The van der Waals surface area contributed by atoms with Crippen molar-refractivity contribution in [3.8, 4) is 0 Å². The van der Waals surface area contributed by atoms with Crippen molar-refractivity contribution >= 4 is 35.0 Å². The summed E-state index contributed by atoms with van der Waals surface area (Å²) in [6, 6.07) is 3.79. The standard InChI is InChI=1S/C5H5ClOS2/c1-7-9-5-3-2-4(6)8-5/h2-3H,1H3. The molecule has 0 N–H and O–H groups in total. The Bertz CT molecular complexity index is 187. The summed E-state index contributed by atoms with van der Waals surface area (Å²) in [6.07, 6.45) is 0. The molecule has 0 aliphatic heterocycles. The Labute approximate surface area is 67.2 Å². The van der Waals surface area contributed by atoms with E-state index in [1.165, 1.54) is 23.4 Å². The number of hydrogen-bond donors (Lipinski definition) is 0. The molecule has 9 heavy (non-hydrogen) atoms. The van der Waals surface area contributed by atoms with Gasteiger partial charge in [-0.15, -0.1) is 11.3 Å². The molecule has 0 aromatic carbocycles. The third-order valence-electron chi connectivity index (χ3n) is 0.714. The predicted octanol–water partition coefficient (Wildman–Crippen LogP) is 3.06. The van der Waals surface area contributed by atoms with Gasteiger partial charge < -0.3 is 4.18 Å². The lowest BCUT2D eigenvalue weighted by Crippen LogP contribution is -1.60. The van der Waals surface area contributed by atoms with Crippen LogP contribution < -0.4 is 0 Å². The Balaban J connectivity index is 2.61. The molecule has 1 aromatic heterocycles. The molecule has 1 rings (SSSR count). The van der Waals surface area contributed by atoms with E-state index in [0.717, 1.165) is 8.55 Å². The van der Waals surface area contributed by atoms with Crippen LogP contribution in [-0.4, -0.2) is 7.11 Å². The van der Waals surface area contributed by atoms with Crippen molar-refractivity contribution in [2.45, 2.75) is 4.21 Å². The SMILES string of the molecule is COSc1ccc(Cl)s1. The molecule has 0 unspecified atom stereocenters. The second kappa shape index (κ2) is 3.46. The second-order valence-corrected chi connectivity index (χ2v) is 4.22. The summed E-state index contributed by atoms with van der Waals surface area (Å²) in [4.78, 5) is 0. The van der Waals surface area contributed by atoms with E-state index < -0.39 is 0 Å². The van der Waals surface area contributed by atoms with Gasteiger partial charge in [0.05, 0.1) is 15.7 Å². The molecule has 0 spiro atoms. The van der Waals surface area contributed by atoms with Crippen molar-refractivity contribution in [2.24, 2.45) is 0 Å². The van der Waals surface area contributed by atoms with Crippen LogP contribution in [0.25, 0.3) is 0 Å². The van der Waals surface area contributed by atoms with Crippen molar-refractivity contribution in [1.29, 1.82) is 0 Å². The van der Waals surface area contributed by atoms with Gasteiger partial charge in [-0.05, 0) is 12.1 Å². The van der Waals surface area contributed by atoms with Crippen LogP contribution in [-0.2, 0) is 4.18 Å². The monoisotopic (exact) mass is 180 g/mol. The Kier molecular flexibility index (Phi) is 2.85. The topological polar surface area (TPSA) is 9.23 Å². The first kappa shape index (κ1) is 7.41. The minimum atomic E-state index is 0.801. The molecule has 0 aliphatic rings. The Morgan fingerprint density at radius 1 is 1.67 bits per heavy atom. The van der Waals surface area contributed by atoms with Crippen molar-refractivity contribution in [2.75, 3.05) is 7.11 Å². The zero-order chi connectivity index (χ0) is 6.69. The quantitative estimate of drug-likeness (QED) is 0.647. The summed E-state index contributed by atoms with van der Waals surface area (Å²) in [5.41, 5.74) is 0. The van der Waals surface area contributed by atoms with E-state index in [2.05, 4.69) is 0 Å². The van der Waals surface area contributed by atoms with Crippen LogP contribution >= 0.6 is 35.0 Å². The molecule has 1 nitrogen and oxygen atoms in total. The molecule has 50 valence electrons. The third-order valence-corrected chi connectivity index (χ3v) is 2.66. The highest BCUT2D eigenvalue weighted by Gasteiger charge is 1.95. The van der Waals surface area contributed by atoms with Gasteiger partial charge in [0.25, 0.3) is 0 Å². The molecule has 0 fully saturated rings. The van der Waals surface area contributed by atoms with E-state index >= 15 is 0 Å². The zero-order valence-corrected chi connectivity index (χ0v) is 7.15.